The van der Waals surface area contributed by atoms with Crippen molar-refractivity contribution in [1.29, 1.82) is 0 Å². The van der Waals surface area contributed by atoms with Gasteiger partial charge in [-0.2, -0.15) is 0 Å². The maximum atomic E-state index is 14.1. The molecule has 2 atom stereocenters. The molecule has 2 aromatic rings. The zero-order valence-electron chi connectivity index (χ0n) is 23.4. The van der Waals surface area contributed by atoms with Gasteiger partial charge in [-0.05, 0) is 77.3 Å². The number of alkyl carbamates (subject to hydrolysis) is 1. The number of amides is 4. The first-order valence-corrected chi connectivity index (χ1v) is 12.8. The van der Waals surface area contributed by atoms with Gasteiger partial charge in [-0.15, -0.1) is 6.42 Å². The molecule has 4 N–H and O–H groups in total. The Morgan fingerprint density at radius 1 is 1.05 bits per heavy atom. The van der Waals surface area contributed by atoms with E-state index in [9.17, 15) is 19.2 Å². The number of para-hydroxylation sites is 1. The van der Waals surface area contributed by atoms with Crippen LogP contribution in [0, 0.1) is 19.3 Å². The number of rotatable bonds is 10. The van der Waals surface area contributed by atoms with E-state index in [-0.39, 0.29) is 12.8 Å². The monoisotopic (exact) mass is 534 g/mol. The second-order valence-corrected chi connectivity index (χ2v) is 10.5. The Hall–Kier alpha value is -4.32. The third kappa shape index (κ3) is 9.18. The first-order chi connectivity index (χ1) is 18.2. The number of carbonyl (C=O) groups excluding carboxylic acids is 4. The lowest BCUT2D eigenvalue weighted by molar-refractivity contribution is -0.143. The maximum Gasteiger partial charge on any atom is 0.408 e. The van der Waals surface area contributed by atoms with Crippen molar-refractivity contribution >= 4 is 29.5 Å². The van der Waals surface area contributed by atoms with E-state index in [1.165, 1.54) is 4.90 Å². The van der Waals surface area contributed by atoms with Gasteiger partial charge in [-0.1, -0.05) is 36.3 Å². The Labute approximate surface area is 230 Å². The lowest BCUT2D eigenvalue weighted by Crippen LogP contribution is -2.54. The van der Waals surface area contributed by atoms with Gasteiger partial charge >= 0.3 is 6.09 Å². The Bertz CT molecular complexity index is 1230. The zero-order valence-corrected chi connectivity index (χ0v) is 23.4. The first kappa shape index (κ1) is 30.9. The molecule has 39 heavy (non-hydrogen) atoms. The Morgan fingerprint density at radius 2 is 1.67 bits per heavy atom. The van der Waals surface area contributed by atoms with Crippen LogP contribution in [0.3, 0.4) is 0 Å². The SMILES string of the molecule is C#Cc1ccc(C(C(=O)Nc2ccccc2C)N(C(=O)C(CCC(N)=O)NC(=O)OC(C)(C)C)C(C)C)cc1. The van der Waals surface area contributed by atoms with Crippen LogP contribution in [-0.2, 0) is 19.1 Å². The number of hydrogen-bond donors (Lipinski definition) is 3. The van der Waals surface area contributed by atoms with Crippen LogP contribution in [0.5, 0.6) is 0 Å². The Morgan fingerprint density at radius 3 is 2.18 bits per heavy atom. The molecule has 0 saturated heterocycles. The van der Waals surface area contributed by atoms with E-state index < -0.39 is 47.5 Å². The number of carbonyl (C=O) groups is 4. The van der Waals surface area contributed by atoms with E-state index in [1.807, 2.05) is 19.1 Å². The summed E-state index contributed by atoms with van der Waals surface area (Å²) in [5.41, 5.74) is 7.12. The van der Waals surface area contributed by atoms with Gasteiger partial charge in [-0.3, -0.25) is 14.4 Å². The predicted molar refractivity (Wildman–Crippen MR) is 150 cm³/mol. The highest BCUT2D eigenvalue weighted by molar-refractivity contribution is 5.99. The van der Waals surface area contributed by atoms with Crippen molar-refractivity contribution in [2.24, 2.45) is 5.73 Å². The van der Waals surface area contributed by atoms with Gasteiger partial charge in [-0.25, -0.2) is 4.79 Å². The van der Waals surface area contributed by atoms with Crippen molar-refractivity contribution < 1.29 is 23.9 Å². The van der Waals surface area contributed by atoms with Gasteiger partial charge in [0.1, 0.15) is 17.7 Å². The molecule has 0 heterocycles. The van der Waals surface area contributed by atoms with Gasteiger partial charge in [0.15, 0.2) is 0 Å². The van der Waals surface area contributed by atoms with Crippen LogP contribution >= 0.6 is 0 Å². The van der Waals surface area contributed by atoms with E-state index in [0.29, 0.717) is 16.8 Å². The molecule has 0 aliphatic carbocycles. The van der Waals surface area contributed by atoms with E-state index in [1.54, 1.807) is 71.0 Å². The van der Waals surface area contributed by atoms with Crippen LogP contribution in [0.1, 0.15) is 70.2 Å². The number of terminal acetylenes is 1. The van der Waals surface area contributed by atoms with Gasteiger partial charge < -0.3 is 26.0 Å². The summed E-state index contributed by atoms with van der Waals surface area (Å²) in [6.07, 6.45) is 4.46. The van der Waals surface area contributed by atoms with E-state index >= 15 is 0 Å². The molecular formula is C30H38N4O5. The van der Waals surface area contributed by atoms with Crippen molar-refractivity contribution in [1.82, 2.24) is 10.2 Å². The number of aryl methyl sites for hydroxylation is 1. The molecule has 0 bridgehead atoms. The molecule has 0 saturated carbocycles. The van der Waals surface area contributed by atoms with E-state index in [2.05, 4.69) is 16.6 Å². The number of ether oxygens (including phenoxy) is 1. The third-order valence-electron chi connectivity index (χ3n) is 5.80. The fourth-order valence-corrected chi connectivity index (χ4v) is 3.97. The molecule has 0 aromatic heterocycles. The van der Waals surface area contributed by atoms with E-state index in [0.717, 1.165) is 5.56 Å². The highest BCUT2D eigenvalue weighted by atomic mass is 16.6. The summed E-state index contributed by atoms with van der Waals surface area (Å²) in [7, 11) is 0. The van der Waals surface area contributed by atoms with Crippen molar-refractivity contribution in [3.05, 3.63) is 65.2 Å². The summed E-state index contributed by atoms with van der Waals surface area (Å²) in [6.45, 7) is 10.5. The van der Waals surface area contributed by atoms with Crippen LogP contribution in [0.4, 0.5) is 10.5 Å². The van der Waals surface area contributed by atoms with Crippen LogP contribution in [0.25, 0.3) is 0 Å². The van der Waals surface area contributed by atoms with Gasteiger partial charge in [0.25, 0.3) is 5.91 Å². The minimum Gasteiger partial charge on any atom is -0.444 e. The largest absolute Gasteiger partial charge is 0.444 e. The molecule has 2 aromatic carbocycles. The molecule has 0 fully saturated rings. The molecule has 9 heteroatoms. The molecule has 0 radical (unpaired) electrons. The summed E-state index contributed by atoms with van der Waals surface area (Å²) >= 11 is 0. The standard InChI is InChI=1S/C30H38N4O5/c1-8-21-13-15-22(16-14-21)26(27(36)32-23-12-10-9-11-20(23)4)34(19(2)3)28(37)24(17-18-25(31)35)33-29(38)39-30(5,6)7/h1,9-16,19,24,26H,17-18H2,2-7H3,(H2,31,35)(H,32,36)(H,33,38). The summed E-state index contributed by atoms with van der Waals surface area (Å²) in [6, 6.07) is 11.3. The van der Waals surface area contributed by atoms with Gasteiger partial charge in [0.05, 0.1) is 0 Å². The third-order valence-corrected chi connectivity index (χ3v) is 5.80. The number of nitrogens with one attached hydrogen (secondary N) is 2. The van der Waals surface area contributed by atoms with Crippen LogP contribution < -0.4 is 16.4 Å². The quantitative estimate of drug-likeness (QED) is 0.396. The van der Waals surface area contributed by atoms with E-state index in [4.69, 9.17) is 16.9 Å². The molecular weight excluding hydrogens is 496 g/mol. The molecule has 0 aliphatic heterocycles. The summed E-state index contributed by atoms with van der Waals surface area (Å²) in [4.78, 5) is 53.5. The Kier molecular flexibility index (Phi) is 10.7. The fraction of sp³-hybridized carbons (Fsp3) is 0.400. The smallest absolute Gasteiger partial charge is 0.408 e. The van der Waals surface area contributed by atoms with Crippen molar-refractivity contribution in [3.8, 4) is 12.3 Å². The minimum absolute atomic E-state index is 0.0706. The molecule has 208 valence electrons. The predicted octanol–water partition coefficient (Wildman–Crippen LogP) is 4.05. The lowest BCUT2D eigenvalue weighted by Gasteiger charge is -2.37. The molecule has 0 spiro atoms. The molecule has 4 amide bonds. The second-order valence-electron chi connectivity index (χ2n) is 10.5. The second kappa shape index (κ2) is 13.5. The number of hydrogen-bond acceptors (Lipinski definition) is 5. The van der Waals surface area contributed by atoms with Crippen LogP contribution in [-0.4, -0.2) is 46.4 Å². The van der Waals surface area contributed by atoms with Crippen LogP contribution in [0.2, 0.25) is 0 Å². The Balaban J connectivity index is 2.55. The number of nitrogens with zero attached hydrogens (tertiary/aromatic N) is 1. The number of nitrogens with two attached hydrogens (primary N) is 1. The zero-order chi connectivity index (χ0) is 29.3. The van der Waals surface area contributed by atoms with Gasteiger partial charge in [0, 0.05) is 23.7 Å². The average molecular weight is 535 g/mol. The van der Waals surface area contributed by atoms with Gasteiger partial charge in [0.2, 0.25) is 11.8 Å². The summed E-state index contributed by atoms with van der Waals surface area (Å²) in [5, 5.41) is 5.50. The topological polar surface area (TPSA) is 131 Å². The fourth-order valence-electron chi connectivity index (χ4n) is 3.97. The molecule has 2 unspecified atom stereocenters. The highest BCUT2D eigenvalue weighted by Crippen LogP contribution is 2.28. The summed E-state index contributed by atoms with van der Waals surface area (Å²) in [5.74, 6) is 0.893. The van der Waals surface area contributed by atoms with Crippen molar-refractivity contribution in [2.75, 3.05) is 5.32 Å². The van der Waals surface area contributed by atoms with Crippen molar-refractivity contribution in [3.63, 3.8) is 0 Å². The molecule has 2 rings (SSSR count). The normalized spacial score (nSPS) is 12.6. The number of benzene rings is 2. The first-order valence-electron chi connectivity index (χ1n) is 12.8. The number of primary amides is 1. The lowest BCUT2D eigenvalue weighted by atomic mass is 9.98. The molecule has 0 aliphatic rings. The summed E-state index contributed by atoms with van der Waals surface area (Å²) < 4.78 is 5.34. The highest BCUT2D eigenvalue weighted by Gasteiger charge is 2.38. The number of anilines is 1. The maximum absolute atomic E-state index is 14.1. The molecule has 9 nitrogen and oxygen atoms in total. The average Bonchev–Trinajstić information content (AvgIpc) is 2.84. The minimum atomic E-state index is -1.17. The van der Waals surface area contributed by atoms with Crippen LogP contribution in [0.15, 0.2) is 48.5 Å². The van der Waals surface area contributed by atoms with Crippen molar-refractivity contribution in [2.45, 2.75) is 78.1 Å².